The molecule has 0 atom stereocenters. The maximum absolute atomic E-state index is 12.4. The number of hydrogen-bond acceptors (Lipinski definition) is 4. The molecule has 134 valence electrons. The predicted molar refractivity (Wildman–Crippen MR) is 93.7 cm³/mol. The standard InChI is InChI=1S/C19H26N4O2/c1-21(14-17-3-2-10-25-17)13-16-12-20-18-6-7-22(8-9-23(16)18)19(24)11-15-4-5-15/h2-3,10,12,15H,4-9,11,13-14H2,1H3. The summed E-state index contributed by atoms with van der Waals surface area (Å²) in [5.74, 6) is 3.04. The molecule has 1 aliphatic heterocycles. The van der Waals surface area contributed by atoms with Gasteiger partial charge in [0.2, 0.25) is 5.91 Å². The predicted octanol–water partition coefficient (Wildman–Crippen LogP) is 2.29. The molecule has 0 radical (unpaired) electrons. The Labute approximate surface area is 148 Å². The summed E-state index contributed by atoms with van der Waals surface area (Å²) >= 11 is 0. The Kier molecular flexibility index (Phi) is 4.61. The maximum atomic E-state index is 12.4. The van der Waals surface area contributed by atoms with Crippen molar-refractivity contribution in [3.05, 3.63) is 41.9 Å². The third-order valence-corrected chi connectivity index (χ3v) is 5.17. The van der Waals surface area contributed by atoms with Crippen molar-refractivity contribution >= 4 is 5.91 Å². The van der Waals surface area contributed by atoms with Crippen molar-refractivity contribution in [2.75, 3.05) is 20.1 Å². The van der Waals surface area contributed by atoms with E-state index >= 15 is 0 Å². The van der Waals surface area contributed by atoms with Crippen molar-refractivity contribution in [3.63, 3.8) is 0 Å². The van der Waals surface area contributed by atoms with E-state index in [4.69, 9.17) is 4.42 Å². The van der Waals surface area contributed by atoms with Gasteiger partial charge in [-0.3, -0.25) is 9.69 Å². The molecule has 0 N–H and O–H groups in total. The highest BCUT2D eigenvalue weighted by atomic mass is 16.3. The van der Waals surface area contributed by atoms with Crippen LogP contribution in [0.25, 0.3) is 0 Å². The van der Waals surface area contributed by atoms with Crippen molar-refractivity contribution in [1.82, 2.24) is 19.4 Å². The molecule has 0 bridgehead atoms. The summed E-state index contributed by atoms with van der Waals surface area (Å²) in [5.41, 5.74) is 1.21. The lowest BCUT2D eigenvalue weighted by atomic mass is 10.2. The van der Waals surface area contributed by atoms with E-state index in [0.717, 1.165) is 57.2 Å². The molecule has 1 aliphatic carbocycles. The zero-order valence-electron chi connectivity index (χ0n) is 14.9. The number of carbonyl (C=O) groups is 1. The molecule has 0 spiro atoms. The van der Waals surface area contributed by atoms with Crippen molar-refractivity contribution in [3.8, 4) is 0 Å². The number of fused-ring (bicyclic) bond motifs is 1. The fraction of sp³-hybridized carbons (Fsp3) is 0.579. The van der Waals surface area contributed by atoms with Crippen LogP contribution in [0, 0.1) is 5.92 Å². The van der Waals surface area contributed by atoms with Crippen LogP contribution in [0.3, 0.4) is 0 Å². The average molecular weight is 342 g/mol. The van der Waals surface area contributed by atoms with E-state index < -0.39 is 0 Å². The molecule has 0 saturated heterocycles. The van der Waals surface area contributed by atoms with Crippen molar-refractivity contribution in [2.24, 2.45) is 5.92 Å². The summed E-state index contributed by atoms with van der Waals surface area (Å²) in [6.07, 6.45) is 7.73. The number of aromatic nitrogens is 2. The number of amides is 1. The Hall–Kier alpha value is -2.08. The van der Waals surface area contributed by atoms with Gasteiger partial charge in [0.15, 0.2) is 0 Å². The normalized spacial score (nSPS) is 17.6. The zero-order valence-corrected chi connectivity index (χ0v) is 14.9. The quantitative estimate of drug-likeness (QED) is 0.808. The van der Waals surface area contributed by atoms with Gasteiger partial charge in [-0.15, -0.1) is 0 Å². The van der Waals surface area contributed by atoms with Crippen LogP contribution in [-0.2, 0) is 30.8 Å². The second kappa shape index (κ2) is 7.04. The van der Waals surface area contributed by atoms with Crippen LogP contribution >= 0.6 is 0 Å². The summed E-state index contributed by atoms with van der Waals surface area (Å²) < 4.78 is 7.72. The highest BCUT2D eigenvalue weighted by Crippen LogP contribution is 2.33. The second-order valence-electron chi connectivity index (χ2n) is 7.35. The van der Waals surface area contributed by atoms with Crippen LogP contribution in [-0.4, -0.2) is 45.4 Å². The molecule has 25 heavy (non-hydrogen) atoms. The van der Waals surface area contributed by atoms with Gasteiger partial charge in [0, 0.05) is 45.2 Å². The zero-order chi connectivity index (χ0) is 17.2. The molecular weight excluding hydrogens is 316 g/mol. The molecule has 4 rings (SSSR count). The molecule has 0 unspecified atom stereocenters. The van der Waals surface area contributed by atoms with Gasteiger partial charge in [0.05, 0.1) is 18.5 Å². The molecule has 6 nitrogen and oxygen atoms in total. The Morgan fingerprint density at radius 1 is 1.32 bits per heavy atom. The third-order valence-electron chi connectivity index (χ3n) is 5.17. The monoisotopic (exact) mass is 342 g/mol. The number of carbonyl (C=O) groups excluding carboxylic acids is 1. The number of rotatable bonds is 6. The van der Waals surface area contributed by atoms with Crippen molar-refractivity contribution in [2.45, 2.75) is 45.3 Å². The van der Waals surface area contributed by atoms with Crippen LogP contribution in [0.15, 0.2) is 29.0 Å². The maximum Gasteiger partial charge on any atom is 0.222 e. The van der Waals surface area contributed by atoms with Gasteiger partial charge in [-0.2, -0.15) is 0 Å². The number of furan rings is 1. The highest BCUT2D eigenvalue weighted by molar-refractivity contribution is 5.76. The van der Waals surface area contributed by atoms with Crippen LogP contribution < -0.4 is 0 Å². The number of hydrogen-bond donors (Lipinski definition) is 0. The lowest BCUT2D eigenvalue weighted by Crippen LogP contribution is -2.34. The summed E-state index contributed by atoms with van der Waals surface area (Å²) in [6.45, 7) is 4.03. The fourth-order valence-corrected chi connectivity index (χ4v) is 3.57. The fourth-order valence-electron chi connectivity index (χ4n) is 3.57. The summed E-state index contributed by atoms with van der Waals surface area (Å²) in [7, 11) is 2.09. The number of imidazole rings is 1. The van der Waals surface area contributed by atoms with E-state index in [1.165, 1.54) is 18.5 Å². The van der Waals surface area contributed by atoms with E-state index in [-0.39, 0.29) is 0 Å². The SMILES string of the molecule is CN(Cc1ccco1)Cc1cnc2n1CCN(C(=O)CC1CC1)CC2. The molecule has 1 fully saturated rings. The Morgan fingerprint density at radius 3 is 2.96 bits per heavy atom. The summed E-state index contributed by atoms with van der Waals surface area (Å²) in [4.78, 5) is 21.3. The van der Waals surface area contributed by atoms with Gasteiger partial charge in [-0.1, -0.05) is 0 Å². The molecule has 1 saturated carbocycles. The first-order valence-corrected chi connectivity index (χ1v) is 9.21. The van der Waals surface area contributed by atoms with E-state index in [2.05, 4.69) is 21.5 Å². The van der Waals surface area contributed by atoms with Gasteiger partial charge in [-0.25, -0.2) is 4.98 Å². The highest BCUT2D eigenvalue weighted by Gasteiger charge is 2.28. The first kappa shape index (κ1) is 16.4. The minimum Gasteiger partial charge on any atom is -0.468 e. The van der Waals surface area contributed by atoms with E-state index in [9.17, 15) is 4.79 Å². The largest absolute Gasteiger partial charge is 0.468 e. The molecule has 1 amide bonds. The Balaban J connectivity index is 1.37. The van der Waals surface area contributed by atoms with Gasteiger partial charge >= 0.3 is 0 Å². The lowest BCUT2D eigenvalue weighted by Gasteiger charge is -2.20. The minimum absolute atomic E-state index is 0.324. The Bertz CT molecular complexity index is 718. The third kappa shape index (κ3) is 3.95. The summed E-state index contributed by atoms with van der Waals surface area (Å²) in [5, 5.41) is 0. The van der Waals surface area contributed by atoms with Crippen molar-refractivity contribution < 1.29 is 9.21 Å². The first-order chi connectivity index (χ1) is 12.2. The molecule has 2 aromatic rings. The van der Waals surface area contributed by atoms with Crippen LogP contribution in [0.2, 0.25) is 0 Å². The van der Waals surface area contributed by atoms with Crippen LogP contribution in [0.4, 0.5) is 0 Å². The topological polar surface area (TPSA) is 54.5 Å². The number of nitrogens with zero attached hydrogens (tertiary/aromatic N) is 4. The smallest absolute Gasteiger partial charge is 0.222 e. The van der Waals surface area contributed by atoms with E-state index in [1.54, 1.807) is 6.26 Å². The van der Waals surface area contributed by atoms with Crippen LogP contribution in [0.1, 0.15) is 36.5 Å². The van der Waals surface area contributed by atoms with Gasteiger partial charge < -0.3 is 13.9 Å². The summed E-state index contributed by atoms with van der Waals surface area (Å²) in [6, 6.07) is 3.91. The molecule has 2 aliphatic rings. The average Bonchev–Trinajstić information content (AvgIpc) is 3.19. The molecular formula is C19H26N4O2. The van der Waals surface area contributed by atoms with Crippen LogP contribution in [0.5, 0.6) is 0 Å². The van der Waals surface area contributed by atoms with E-state index in [0.29, 0.717) is 11.8 Å². The van der Waals surface area contributed by atoms with E-state index in [1.807, 2.05) is 23.2 Å². The van der Waals surface area contributed by atoms with Gasteiger partial charge in [-0.05, 0) is 37.9 Å². The molecule has 2 aromatic heterocycles. The molecule has 0 aromatic carbocycles. The first-order valence-electron chi connectivity index (χ1n) is 9.21. The Morgan fingerprint density at radius 2 is 2.20 bits per heavy atom. The molecule has 6 heteroatoms. The van der Waals surface area contributed by atoms with Crippen molar-refractivity contribution in [1.29, 1.82) is 0 Å². The van der Waals surface area contributed by atoms with Gasteiger partial charge in [0.1, 0.15) is 11.6 Å². The van der Waals surface area contributed by atoms with Gasteiger partial charge in [0.25, 0.3) is 0 Å². The lowest BCUT2D eigenvalue weighted by molar-refractivity contribution is -0.131. The second-order valence-corrected chi connectivity index (χ2v) is 7.35. The minimum atomic E-state index is 0.324. The molecule has 3 heterocycles.